The molecule has 0 aliphatic carbocycles. The molecule has 0 amide bonds. The van der Waals surface area contributed by atoms with Crippen molar-refractivity contribution < 1.29 is 57.0 Å². The van der Waals surface area contributed by atoms with Crippen molar-refractivity contribution in [2.24, 2.45) is 11.8 Å². The van der Waals surface area contributed by atoms with Crippen LogP contribution >= 0.6 is 12.2 Å². The quantitative estimate of drug-likeness (QED) is 0.0445. The van der Waals surface area contributed by atoms with Gasteiger partial charge in [-0.25, -0.2) is 0 Å². The Bertz CT molecular complexity index is 704. The van der Waals surface area contributed by atoms with E-state index >= 15 is 0 Å². The van der Waals surface area contributed by atoms with E-state index in [2.05, 4.69) is 65.7 Å². The summed E-state index contributed by atoms with van der Waals surface area (Å²) in [6.07, 6.45) is 3.31. The Morgan fingerprint density at radius 2 is 1.14 bits per heavy atom. The molecular formula is C36H71F5O7S. The Hall–Kier alpha value is -2.03. The summed E-state index contributed by atoms with van der Waals surface area (Å²) in [7, 11) is 0. The number of rotatable bonds is 17. The highest BCUT2D eigenvalue weighted by Gasteiger charge is 2.27. The Labute approximate surface area is 300 Å². The average molecular weight is 743 g/mol. The first-order valence-corrected chi connectivity index (χ1v) is 16.8. The Kier molecular flexibility index (Phi) is 67.2. The third-order valence-electron chi connectivity index (χ3n) is 4.26. The maximum absolute atomic E-state index is 12.3. The van der Waals surface area contributed by atoms with Crippen LogP contribution in [0, 0.1) is 11.8 Å². The average Bonchev–Trinajstić information content (AvgIpc) is 2.96. The van der Waals surface area contributed by atoms with Crippen LogP contribution in [0.4, 0.5) is 22.0 Å². The highest BCUT2D eigenvalue weighted by molar-refractivity contribution is 7.80. The molecule has 0 heterocycles. The summed E-state index contributed by atoms with van der Waals surface area (Å²) in [5, 5.41) is 24.6. The first kappa shape index (κ1) is 65.4. The largest absolute Gasteiger partial charge is 0.483 e. The van der Waals surface area contributed by atoms with Gasteiger partial charge in [0, 0.05) is 25.7 Å². The normalized spacial score (nSPS) is 9.63. The van der Waals surface area contributed by atoms with Crippen LogP contribution in [0.25, 0.3) is 0 Å². The fraction of sp³-hybridized carbons (Fsp3) is 0.722. The molecule has 7 nitrogen and oxygen atoms in total. The number of aliphatic hydroxyl groups is 3. The minimum atomic E-state index is -3.45. The lowest BCUT2D eigenvalue weighted by Crippen LogP contribution is -2.20. The first-order valence-electron chi connectivity index (χ1n) is 16.4. The maximum Gasteiger partial charge on any atom is 0.356 e. The third kappa shape index (κ3) is 114. The number of carbonyl (C=O) groups excluding carboxylic acids is 1. The molecular weight excluding hydrogens is 671 g/mol. The van der Waals surface area contributed by atoms with Gasteiger partial charge in [-0.2, -0.15) is 22.0 Å². The van der Waals surface area contributed by atoms with Gasteiger partial charge >= 0.3 is 18.3 Å². The van der Waals surface area contributed by atoms with Crippen LogP contribution in [0.15, 0.2) is 50.6 Å². The van der Waals surface area contributed by atoms with Gasteiger partial charge in [0.1, 0.15) is 6.61 Å². The number of hydrogen-bond acceptors (Lipinski definition) is 7. The van der Waals surface area contributed by atoms with Gasteiger partial charge in [-0.1, -0.05) is 99.6 Å². The second kappa shape index (κ2) is 50.3. The molecule has 0 saturated heterocycles. The predicted octanol–water partition coefficient (Wildman–Crippen LogP) is 10.5. The lowest BCUT2D eigenvalue weighted by Gasteiger charge is -2.13. The molecule has 298 valence electrons. The van der Waals surface area contributed by atoms with Crippen molar-refractivity contribution in [1.82, 2.24) is 0 Å². The molecule has 0 aromatic carbocycles. The number of halogens is 5. The maximum atomic E-state index is 12.3. The van der Waals surface area contributed by atoms with Crippen molar-refractivity contribution in [1.29, 1.82) is 0 Å². The molecule has 0 radical (unpaired) electrons. The zero-order chi connectivity index (χ0) is 39.6. The van der Waals surface area contributed by atoms with Crippen molar-refractivity contribution in [2.45, 2.75) is 145 Å². The summed E-state index contributed by atoms with van der Waals surface area (Å²) in [5.41, 5.74) is 0. The molecule has 0 spiro atoms. The van der Waals surface area contributed by atoms with Crippen molar-refractivity contribution in [3.05, 3.63) is 50.6 Å². The van der Waals surface area contributed by atoms with E-state index < -0.39 is 31.0 Å². The summed E-state index contributed by atoms with van der Waals surface area (Å²) in [4.78, 5) is 9.38. The van der Waals surface area contributed by atoms with E-state index in [1.165, 1.54) is 6.08 Å². The first-order chi connectivity index (χ1) is 22.1. The lowest BCUT2D eigenvalue weighted by atomic mass is 10.2. The molecule has 0 unspecified atom stereocenters. The molecule has 0 bridgehead atoms. The summed E-state index contributed by atoms with van der Waals surface area (Å²) in [6, 6.07) is -1.21. The van der Waals surface area contributed by atoms with Crippen molar-refractivity contribution >= 4 is 23.3 Å². The van der Waals surface area contributed by atoms with Crippen molar-refractivity contribution in [2.75, 3.05) is 13.2 Å². The summed E-state index contributed by atoms with van der Waals surface area (Å²) >= 11 is 4.85. The molecule has 0 aromatic rings. The molecule has 49 heavy (non-hydrogen) atoms. The zero-order valence-corrected chi connectivity index (χ0v) is 32.5. The van der Waals surface area contributed by atoms with E-state index in [1.54, 1.807) is 26.8 Å². The van der Waals surface area contributed by atoms with Crippen LogP contribution in [-0.4, -0.2) is 63.6 Å². The van der Waals surface area contributed by atoms with Crippen LogP contribution in [0.2, 0.25) is 0 Å². The van der Waals surface area contributed by atoms with E-state index in [0.29, 0.717) is 49.2 Å². The number of hydrogen-bond donors (Lipinski definition) is 3. The van der Waals surface area contributed by atoms with Gasteiger partial charge < -0.3 is 30.3 Å². The van der Waals surface area contributed by atoms with E-state index in [-0.39, 0.29) is 24.9 Å². The molecule has 0 aliphatic heterocycles. The summed E-state index contributed by atoms with van der Waals surface area (Å²) in [5.74, 6) is 1.30. The second-order valence-electron chi connectivity index (χ2n) is 10.5. The van der Waals surface area contributed by atoms with Gasteiger partial charge in [0.2, 0.25) is 0 Å². The van der Waals surface area contributed by atoms with Crippen molar-refractivity contribution in [3.8, 4) is 0 Å². The summed E-state index contributed by atoms with van der Waals surface area (Å²) < 4.78 is 67.5. The van der Waals surface area contributed by atoms with E-state index in [9.17, 15) is 26.7 Å². The third-order valence-corrected chi connectivity index (χ3v) is 4.58. The molecule has 0 aliphatic rings. The molecule has 5 N–H and O–H groups in total. The van der Waals surface area contributed by atoms with Gasteiger partial charge in [0.15, 0.2) is 11.3 Å². The topological polar surface area (TPSA) is 128 Å². The van der Waals surface area contributed by atoms with Gasteiger partial charge in [-0.3, -0.25) is 4.79 Å². The molecule has 0 rings (SSSR count). The fourth-order valence-electron chi connectivity index (χ4n) is 1.73. The van der Waals surface area contributed by atoms with Crippen LogP contribution in [0.1, 0.15) is 127 Å². The lowest BCUT2D eigenvalue weighted by molar-refractivity contribution is -0.235. The standard InChI is InChI=1S/C7H12F2O.C7H12OS.2C5H10.C4H8F2O.C4H7FO.C4H10O2.H2O/c1-3-5-7(8,9)10-6-4-2;1-3-5-7(9)8-6-4-2;2*1-4-5(2)3;1-2-3-4(5,6)7;2*1-2-3-4(5)6;/h4H,2-3,5-6H2,1H3;4H,2-3,5-6H2,1H3;2*4-5H,1H2,2-3H3;7H,2-3H2,1H3;2-3H2,1H3;4-6H,2-3H2,1H3;1H2. The highest BCUT2D eigenvalue weighted by atomic mass is 32.1. The molecule has 13 heteroatoms. The summed E-state index contributed by atoms with van der Waals surface area (Å²) in [6.45, 7) is 31.8. The fourth-order valence-corrected chi connectivity index (χ4v) is 2.00. The van der Waals surface area contributed by atoms with Gasteiger partial charge in [0.25, 0.3) is 0 Å². The molecule has 0 atom stereocenters. The van der Waals surface area contributed by atoms with Crippen LogP contribution in [0.5, 0.6) is 0 Å². The number of thiocarbonyl (C=S) groups is 1. The van der Waals surface area contributed by atoms with Crippen molar-refractivity contribution in [3.63, 3.8) is 0 Å². The second-order valence-corrected chi connectivity index (χ2v) is 10.9. The number of alkyl halides is 4. The van der Waals surface area contributed by atoms with E-state index in [1.807, 2.05) is 19.1 Å². The molecule has 0 saturated carbocycles. The van der Waals surface area contributed by atoms with E-state index in [4.69, 9.17) is 32.3 Å². The van der Waals surface area contributed by atoms with Gasteiger partial charge in [0.05, 0.1) is 6.61 Å². The van der Waals surface area contributed by atoms with E-state index in [0.717, 1.165) is 19.3 Å². The Balaban J connectivity index is -0.0000000675. The minimum Gasteiger partial charge on any atom is -0.483 e. The predicted molar refractivity (Wildman–Crippen MR) is 200 cm³/mol. The van der Waals surface area contributed by atoms with Crippen LogP contribution < -0.4 is 0 Å². The van der Waals surface area contributed by atoms with Gasteiger partial charge in [-0.15, -0.1) is 19.7 Å². The zero-order valence-electron chi connectivity index (χ0n) is 31.7. The molecule has 0 aromatic heterocycles. The monoisotopic (exact) mass is 742 g/mol. The Morgan fingerprint density at radius 1 is 0.755 bits per heavy atom. The number of allylic oxidation sites excluding steroid dienone is 2. The highest BCUT2D eigenvalue weighted by Crippen LogP contribution is 2.21. The minimum absolute atomic E-state index is 0. The number of aliphatic hydroxyl groups excluding tert-OH is 1. The number of carbonyl (C=O) groups is 1. The number of ether oxygens (including phenoxy) is 2. The Morgan fingerprint density at radius 3 is 1.31 bits per heavy atom. The SMILES string of the molecule is C=CC(C)C.C=CC(C)C.C=CCOC(=S)CCC.C=CCOC(F)(F)CCC.CCCC(=O)F.CCCC(O)(F)F.CCCC(O)O.O. The smallest absolute Gasteiger partial charge is 0.356 e. The van der Waals surface area contributed by atoms with Crippen LogP contribution in [-0.2, 0) is 14.3 Å². The molecule has 0 fully saturated rings. The van der Waals surface area contributed by atoms with Gasteiger partial charge in [-0.05, 0) is 56.2 Å². The van der Waals surface area contributed by atoms with Crippen LogP contribution in [0.3, 0.4) is 0 Å².